The fraction of sp³-hybridized carbons (Fsp3) is 0.462. The lowest BCUT2D eigenvalue weighted by molar-refractivity contribution is -0.139. The van der Waals surface area contributed by atoms with Gasteiger partial charge in [0.15, 0.2) is 6.29 Å². The van der Waals surface area contributed by atoms with E-state index < -0.39 is 42.1 Å². The van der Waals surface area contributed by atoms with Crippen LogP contribution in [0.25, 0.3) is 0 Å². The highest BCUT2D eigenvalue weighted by Crippen LogP contribution is 2.04. The maximum absolute atomic E-state index is 10.3. The second-order valence-corrected chi connectivity index (χ2v) is 7.83. The zero-order valence-corrected chi connectivity index (χ0v) is 22.1. The van der Waals surface area contributed by atoms with Gasteiger partial charge in [0.05, 0.1) is 11.1 Å². The summed E-state index contributed by atoms with van der Waals surface area (Å²) in [5.74, 6) is -5.64. The third kappa shape index (κ3) is 33.7. The summed E-state index contributed by atoms with van der Waals surface area (Å²) in [6.45, 7) is 1.90. The molecule has 0 aliphatic rings. The van der Waals surface area contributed by atoms with Crippen LogP contribution < -0.4 is 0 Å². The molecule has 0 unspecified atom stereocenters. The molecule has 0 atom stereocenters. The van der Waals surface area contributed by atoms with E-state index in [9.17, 15) is 28.8 Å². The van der Waals surface area contributed by atoms with E-state index in [-0.39, 0.29) is 30.4 Å². The molecule has 226 valence electrons. The van der Waals surface area contributed by atoms with Gasteiger partial charge in [-0.05, 0) is 62.8 Å². The predicted molar refractivity (Wildman–Crippen MR) is 140 cm³/mol. The Bertz CT molecular complexity index is 871. The van der Waals surface area contributed by atoms with Crippen molar-refractivity contribution < 1.29 is 69.6 Å². The summed E-state index contributed by atoms with van der Waals surface area (Å²) in [4.78, 5) is 60.4. The zero-order chi connectivity index (χ0) is 31.5. The molecule has 1 aromatic rings. The molecule has 40 heavy (non-hydrogen) atoms. The van der Waals surface area contributed by atoms with Gasteiger partial charge < -0.3 is 40.9 Å². The van der Waals surface area contributed by atoms with E-state index in [1.165, 1.54) is 30.3 Å². The van der Waals surface area contributed by atoms with Crippen molar-refractivity contribution >= 4 is 35.8 Å². The van der Waals surface area contributed by atoms with Gasteiger partial charge in [0.1, 0.15) is 0 Å². The molecule has 1 aromatic carbocycles. The van der Waals surface area contributed by atoms with Crippen LogP contribution in [-0.4, -0.2) is 83.0 Å². The van der Waals surface area contributed by atoms with Crippen molar-refractivity contribution in [3.63, 3.8) is 0 Å². The van der Waals surface area contributed by atoms with Gasteiger partial charge in [0.25, 0.3) is 0 Å². The topological polar surface area (TPSA) is 264 Å². The number of carbonyl (C=O) groups is 6. The first-order valence-electron chi connectivity index (χ1n) is 12.1. The lowest BCUT2D eigenvalue weighted by Crippen LogP contribution is -2.01. The standard InChI is InChI=1S/C8H6O4.C8H12O4.C6H10O4.C4H10O2/c9-7(10)5-1-2-6(4-3-5)8(11)12;9-7(10)5-3-1-2-4-6-8(11)12;7-5(8)3-1-2-4-6(9)10;1-2-3-4(5)6/h1-4H,(H,9,10)(H,11,12);3,5H,1-2,4,6H2,(H,9,10)(H,11,12);1-4H2,(H,7,8)(H,9,10);4-6H,2-3H2,1H3. The molecule has 0 spiro atoms. The van der Waals surface area contributed by atoms with Crippen molar-refractivity contribution in [2.24, 2.45) is 0 Å². The second-order valence-electron chi connectivity index (χ2n) is 7.83. The Balaban J connectivity index is -0.000000469. The number of carboxylic acid groups (broad SMARTS) is 6. The van der Waals surface area contributed by atoms with E-state index in [1.807, 2.05) is 6.92 Å². The van der Waals surface area contributed by atoms with Crippen molar-refractivity contribution in [3.8, 4) is 0 Å². The minimum absolute atomic E-state index is 0.0628. The first-order chi connectivity index (χ1) is 18.6. The van der Waals surface area contributed by atoms with Gasteiger partial charge in [-0.3, -0.25) is 14.4 Å². The van der Waals surface area contributed by atoms with Crippen molar-refractivity contribution in [3.05, 3.63) is 47.5 Å². The van der Waals surface area contributed by atoms with E-state index in [4.69, 9.17) is 40.9 Å². The molecule has 0 saturated carbocycles. The van der Waals surface area contributed by atoms with Crippen LogP contribution in [-0.2, 0) is 19.2 Å². The molecule has 0 radical (unpaired) electrons. The number of aliphatic hydroxyl groups is 2. The van der Waals surface area contributed by atoms with Gasteiger partial charge in [0.2, 0.25) is 0 Å². The van der Waals surface area contributed by atoms with Gasteiger partial charge in [-0.15, -0.1) is 0 Å². The number of aliphatic carboxylic acids is 4. The highest BCUT2D eigenvalue weighted by atomic mass is 16.5. The molecule has 14 nitrogen and oxygen atoms in total. The highest BCUT2D eigenvalue weighted by molar-refractivity contribution is 5.91. The zero-order valence-electron chi connectivity index (χ0n) is 22.1. The Morgan fingerprint density at radius 3 is 1.23 bits per heavy atom. The van der Waals surface area contributed by atoms with Crippen LogP contribution in [0.3, 0.4) is 0 Å². The lowest BCUT2D eigenvalue weighted by atomic mass is 10.1. The Morgan fingerprint density at radius 1 is 0.650 bits per heavy atom. The van der Waals surface area contributed by atoms with E-state index in [1.54, 1.807) is 0 Å². The predicted octanol–water partition coefficient (Wildman–Crippen LogP) is 3.17. The molecule has 8 N–H and O–H groups in total. The SMILES string of the molecule is CCCC(O)O.O=C(O)C=CCCCCC(=O)O.O=C(O)CCCCC(=O)O.O=C(O)c1ccc(C(=O)O)cc1. The van der Waals surface area contributed by atoms with E-state index in [0.29, 0.717) is 32.1 Å². The first kappa shape index (κ1) is 40.2. The highest BCUT2D eigenvalue weighted by Gasteiger charge is 2.05. The second kappa shape index (κ2) is 26.3. The van der Waals surface area contributed by atoms with Crippen molar-refractivity contribution in [1.82, 2.24) is 0 Å². The Kier molecular flexibility index (Phi) is 26.4. The third-order valence-electron chi connectivity index (χ3n) is 4.23. The maximum atomic E-state index is 10.3. The molecule has 0 heterocycles. The van der Waals surface area contributed by atoms with Crippen LogP contribution in [0, 0.1) is 0 Å². The quantitative estimate of drug-likeness (QED) is 0.0849. The summed E-state index contributed by atoms with van der Waals surface area (Å²) in [5.41, 5.74) is 0.167. The summed E-state index contributed by atoms with van der Waals surface area (Å²) < 4.78 is 0. The number of allylic oxidation sites excluding steroid dienone is 1. The Hall–Kier alpha value is -4.30. The van der Waals surface area contributed by atoms with Crippen LogP contribution in [0.1, 0.15) is 91.8 Å². The Morgan fingerprint density at radius 2 is 1.00 bits per heavy atom. The number of aromatic carboxylic acids is 2. The number of carboxylic acids is 6. The number of aliphatic hydroxyl groups excluding tert-OH is 1. The fourth-order valence-electron chi connectivity index (χ4n) is 2.29. The average Bonchev–Trinajstić information content (AvgIpc) is 2.84. The molecule has 0 aliphatic heterocycles. The van der Waals surface area contributed by atoms with Crippen LogP contribution in [0.4, 0.5) is 0 Å². The van der Waals surface area contributed by atoms with E-state index in [0.717, 1.165) is 18.9 Å². The number of rotatable bonds is 15. The minimum atomic E-state index is -1.10. The Labute approximate surface area is 230 Å². The van der Waals surface area contributed by atoms with E-state index in [2.05, 4.69) is 0 Å². The van der Waals surface area contributed by atoms with Crippen LogP contribution in [0.5, 0.6) is 0 Å². The van der Waals surface area contributed by atoms with Gasteiger partial charge >= 0.3 is 35.8 Å². The molecule has 0 aliphatic carbocycles. The summed E-state index contributed by atoms with van der Waals surface area (Å²) in [5, 5.41) is 65.8. The first-order valence-corrected chi connectivity index (χ1v) is 12.1. The molecule has 1 rings (SSSR count). The lowest BCUT2D eigenvalue weighted by Gasteiger charge is -1.94. The molecule has 0 saturated heterocycles. The molecule has 0 fully saturated rings. The van der Waals surface area contributed by atoms with Gasteiger partial charge in [0, 0.05) is 25.3 Å². The molecule has 0 aromatic heterocycles. The van der Waals surface area contributed by atoms with Crippen LogP contribution in [0.15, 0.2) is 36.4 Å². The van der Waals surface area contributed by atoms with Gasteiger partial charge in [-0.25, -0.2) is 14.4 Å². The maximum Gasteiger partial charge on any atom is 0.335 e. The third-order valence-corrected chi connectivity index (χ3v) is 4.23. The fourth-order valence-corrected chi connectivity index (χ4v) is 2.29. The van der Waals surface area contributed by atoms with E-state index >= 15 is 0 Å². The van der Waals surface area contributed by atoms with Crippen LogP contribution in [0.2, 0.25) is 0 Å². The average molecular weight is 575 g/mol. The smallest absolute Gasteiger partial charge is 0.335 e. The number of benzene rings is 1. The molecular formula is C26H38O14. The van der Waals surface area contributed by atoms with Crippen molar-refractivity contribution in [2.75, 3.05) is 0 Å². The van der Waals surface area contributed by atoms with Gasteiger partial charge in [-0.1, -0.05) is 19.4 Å². The molecule has 14 heteroatoms. The summed E-state index contributed by atoms with van der Waals surface area (Å²) >= 11 is 0. The van der Waals surface area contributed by atoms with Gasteiger partial charge in [-0.2, -0.15) is 0 Å². The monoisotopic (exact) mass is 574 g/mol. The summed E-state index contributed by atoms with van der Waals surface area (Å²) in [6.07, 6.45) is 5.93. The summed E-state index contributed by atoms with van der Waals surface area (Å²) in [7, 11) is 0. The minimum Gasteiger partial charge on any atom is -0.481 e. The number of hydrogen-bond donors (Lipinski definition) is 8. The molecule has 0 bridgehead atoms. The van der Waals surface area contributed by atoms with Crippen molar-refractivity contribution in [1.29, 1.82) is 0 Å². The number of hydrogen-bond acceptors (Lipinski definition) is 8. The van der Waals surface area contributed by atoms with Crippen LogP contribution >= 0.6 is 0 Å². The largest absolute Gasteiger partial charge is 0.481 e. The normalized spacial score (nSPS) is 9.70. The van der Waals surface area contributed by atoms with Crippen molar-refractivity contribution in [2.45, 2.75) is 77.4 Å². The molecular weight excluding hydrogens is 536 g/mol. The number of unbranched alkanes of at least 4 members (excludes halogenated alkanes) is 3. The summed E-state index contributed by atoms with van der Waals surface area (Å²) in [6, 6.07) is 5.02. The molecule has 0 amide bonds.